The maximum Gasteiger partial charge on any atom is 0.145 e. The first-order chi connectivity index (χ1) is 7.61. The Balaban J connectivity index is 2.63. The van der Waals surface area contributed by atoms with Crippen molar-refractivity contribution in [3.05, 3.63) is 28.8 Å². The van der Waals surface area contributed by atoms with Gasteiger partial charge in [0.1, 0.15) is 11.6 Å². The fourth-order valence-corrected chi connectivity index (χ4v) is 1.95. The maximum atomic E-state index is 6.01. The molecule has 0 bridgehead atoms. The van der Waals surface area contributed by atoms with E-state index >= 15 is 0 Å². The van der Waals surface area contributed by atoms with Crippen LogP contribution in [0.1, 0.15) is 5.56 Å². The Morgan fingerprint density at radius 1 is 1.38 bits per heavy atom. The molecule has 0 aliphatic carbocycles. The van der Waals surface area contributed by atoms with Crippen LogP contribution in [-0.2, 0) is 0 Å². The van der Waals surface area contributed by atoms with Crippen LogP contribution in [-0.4, -0.2) is 17.3 Å². The zero-order valence-electron chi connectivity index (χ0n) is 9.04. The molecule has 0 spiro atoms. The zero-order chi connectivity index (χ0) is 11.7. The van der Waals surface area contributed by atoms with Crippen LogP contribution in [0.25, 0.3) is 11.3 Å². The third-order valence-electron chi connectivity index (χ3n) is 2.33. The Bertz CT molecular complexity index is 522. The van der Waals surface area contributed by atoms with Crippen molar-refractivity contribution >= 4 is 17.4 Å². The third-order valence-corrected chi connectivity index (χ3v) is 2.55. The summed E-state index contributed by atoms with van der Waals surface area (Å²) in [5.41, 5.74) is 8.19. The molecule has 1 aromatic heterocycles. The van der Waals surface area contributed by atoms with Crippen molar-refractivity contribution < 1.29 is 4.74 Å². The standard InChI is InChI=1S/C11H12ClN3O/c1-6-3-7(12)4-8(11(6)16-2)9-5-10(13)15-14-9/h3-5H,1-2H3,(H3,13,14,15). The molecule has 2 rings (SSSR count). The number of nitrogens with zero attached hydrogens (tertiary/aromatic N) is 1. The first-order valence-electron chi connectivity index (χ1n) is 4.77. The van der Waals surface area contributed by atoms with E-state index in [4.69, 9.17) is 22.1 Å². The average molecular weight is 238 g/mol. The second-order valence-corrected chi connectivity index (χ2v) is 3.95. The lowest BCUT2D eigenvalue weighted by Gasteiger charge is -2.10. The van der Waals surface area contributed by atoms with Crippen molar-refractivity contribution in [1.29, 1.82) is 0 Å². The summed E-state index contributed by atoms with van der Waals surface area (Å²) in [6.07, 6.45) is 0. The van der Waals surface area contributed by atoms with Gasteiger partial charge in [-0.15, -0.1) is 0 Å². The van der Waals surface area contributed by atoms with Crippen molar-refractivity contribution in [2.45, 2.75) is 6.92 Å². The summed E-state index contributed by atoms with van der Waals surface area (Å²) in [7, 11) is 1.62. The predicted molar refractivity (Wildman–Crippen MR) is 64.7 cm³/mol. The number of nitrogen functional groups attached to an aromatic ring is 1. The third kappa shape index (κ3) is 1.84. The molecule has 0 atom stereocenters. The Morgan fingerprint density at radius 3 is 2.69 bits per heavy atom. The summed E-state index contributed by atoms with van der Waals surface area (Å²) in [5.74, 6) is 1.21. The maximum absolute atomic E-state index is 6.01. The van der Waals surface area contributed by atoms with Crippen molar-refractivity contribution in [1.82, 2.24) is 10.2 Å². The highest BCUT2D eigenvalue weighted by atomic mass is 35.5. The number of hydrogen-bond donors (Lipinski definition) is 2. The number of ether oxygens (including phenoxy) is 1. The van der Waals surface area contributed by atoms with Crippen molar-refractivity contribution in [3.8, 4) is 17.0 Å². The molecule has 0 unspecified atom stereocenters. The van der Waals surface area contributed by atoms with Gasteiger partial charge in [0.2, 0.25) is 0 Å². The predicted octanol–water partition coefficient (Wildman–Crippen LogP) is 2.63. The average Bonchev–Trinajstić information content (AvgIpc) is 2.63. The molecule has 1 aromatic carbocycles. The molecule has 0 radical (unpaired) electrons. The summed E-state index contributed by atoms with van der Waals surface area (Å²) >= 11 is 6.01. The lowest BCUT2D eigenvalue weighted by Crippen LogP contribution is -1.92. The van der Waals surface area contributed by atoms with Crippen molar-refractivity contribution in [3.63, 3.8) is 0 Å². The number of methoxy groups -OCH3 is 1. The Kier molecular flexibility index (Phi) is 2.75. The highest BCUT2D eigenvalue weighted by Gasteiger charge is 2.12. The van der Waals surface area contributed by atoms with Gasteiger partial charge in [0.25, 0.3) is 0 Å². The fourth-order valence-electron chi connectivity index (χ4n) is 1.68. The van der Waals surface area contributed by atoms with Crippen LogP contribution in [0.15, 0.2) is 18.2 Å². The van der Waals surface area contributed by atoms with Gasteiger partial charge in [-0.3, -0.25) is 5.10 Å². The number of aryl methyl sites for hydroxylation is 1. The van der Waals surface area contributed by atoms with E-state index in [0.29, 0.717) is 10.8 Å². The van der Waals surface area contributed by atoms with Crippen LogP contribution < -0.4 is 10.5 Å². The van der Waals surface area contributed by atoms with Crippen molar-refractivity contribution in [2.24, 2.45) is 0 Å². The SMILES string of the molecule is COc1c(C)cc(Cl)cc1-c1cc(N)n[nH]1. The van der Waals surface area contributed by atoms with E-state index in [0.717, 1.165) is 22.6 Å². The number of nitrogens with two attached hydrogens (primary N) is 1. The van der Waals surface area contributed by atoms with E-state index in [1.807, 2.05) is 19.1 Å². The van der Waals surface area contributed by atoms with Crippen LogP contribution in [0, 0.1) is 6.92 Å². The molecule has 0 fully saturated rings. The van der Waals surface area contributed by atoms with E-state index < -0.39 is 0 Å². The van der Waals surface area contributed by atoms with Crippen LogP contribution in [0.5, 0.6) is 5.75 Å². The smallest absolute Gasteiger partial charge is 0.145 e. The fraction of sp³-hybridized carbons (Fsp3) is 0.182. The quantitative estimate of drug-likeness (QED) is 0.844. The number of aromatic amines is 1. The van der Waals surface area contributed by atoms with Gasteiger partial charge in [0, 0.05) is 16.7 Å². The van der Waals surface area contributed by atoms with Crippen LogP contribution in [0.2, 0.25) is 5.02 Å². The number of anilines is 1. The first kappa shape index (κ1) is 10.8. The summed E-state index contributed by atoms with van der Waals surface area (Å²) in [4.78, 5) is 0. The molecule has 0 saturated carbocycles. The lowest BCUT2D eigenvalue weighted by molar-refractivity contribution is 0.413. The summed E-state index contributed by atoms with van der Waals surface area (Å²) in [6.45, 7) is 1.94. The van der Waals surface area contributed by atoms with Gasteiger partial charge in [-0.25, -0.2) is 0 Å². The number of nitrogens with one attached hydrogen (secondary N) is 1. The molecule has 5 heteroatoms. The monoisotopic (exact) mass is 237 g/mol. The first-order valence-corrected chi connectivity index (χ1v) is 5.15. The molecule has 84 valence electrons. The lowest BCUT2D eigenvalue weighted by atomic mass is 10.1. The molecule has 0 aliphatic heterocycles. The Hall–Kier alpha value is -1.68. The molecule has 4 nitrogen and oxygen atoms in total. The van der Waals surface area contributed by atoms with E-state index in [2.05, 4.69) is 10.2 Å². The minimum Gasteiger partial charge on any atom is -0.496 e. The van der Waals surface area contributed by atoms with Gasteiger partial charge in [0.05, 0.1) is 12.8 Å². The molecule has 16 heavy (non-hydrogen) atoms. The second kappa shape index (κ2) is 4.06. The van der Waals surface area contributed by atoms with Crippen LogP contribution >= 0.6 is 11.6 Å². The van der Waals surface area contributed by atoms with Gasteiger partial charge in [-0.05, 0) is 24.6 Å². The number of rotatable bonds is 2. The van der Waals surface area contributed by atoms with E-state index in [9.17, 15) is 0 Å². The molecule has 2 aromatic rings. The van der Waals surface area contributed by atoms with Gasteiger partial charge in [-0.1, -0.05) is 11.6 Å². The number of hydrogen-bond acceptors (Lipinski definition) is 3. The van der Waals surface area contributed by atoms with Gasteiger partial charge >= 0.3 is 0 Å². The largest absolute Gasteiger partial charge is 0.496 e. The van der Waals surface area contributed by atoms with Gasteiger partial charge in [0.15, 0.2) is 0 Å². The molecule has 0 saturated heterocycles. The van der Waals surface area contributed by atoms with Crippen LogP contribution in [0.3, 0.4) is 0 Å². The zero-order valence-corrected chi connectivity index (χ0v) is 9.80. The number of H-pyrrole nitrogens is 1. The van der Waals surface area contributed by atoms with Crippen molar-refractivity contribution in [2.75, 3.05) is 12.8 Å². The molecule has 0 aliphatic rings. The van der Waals surface area contributed by atoms with Gasteiger partial charge in [-0.2, -0.15) is 5.10 Å². The minimum absolute atomic E-state index is 0.440. The van der Waals surface area contributed by atoms with E-state index in [1.165, 1.54) is 0 Å². The molecular formula is C11H12ClN3O. The summed E-state index contributed by atoms with van der Waals surface area (Å²) in [5, 5.41) is 7.37. The van der Waals surface area contributed by atoms with Crippen LogP contribution in [0.4, 0.5) is 5.82 Å². The summed E-state index contributed by atoms with van der Waals surface area (Å²) in [6, 6.07) is 5.41. The van der Waals surface area contributed by atoms with E-state index in [1.54, 1.807) is 13.2 Å². The number of aromatic nitrogens is 2. The molecular weight excluding hydrogens is 226 g/mol. The van der Waals surface area contributed by atoms with Gasteiger partial charge < -0.3 is 10.5 Å². The Labute approximate surface area is 98.4 Å². The number of benzene rings is 1. The molecule has 1 heterocycles. The van der Waals surface area contributed by atoms with E-state index in [-0.39, 0.29) is 0 Å². The molecule has 0 amide bonds. The number of halogens is 1. The normalized spacial score (nSPS) is 10.4. The topological polar surface area (TPSA) is 63.9 Å². The Morgan fingerprint density at radius 2 is 2.12 bits per heavy atom. The highest BCUT2D eigenvalue weighted by molar-refractivity contribution is 6.31. The second-order valence-electron chi connectivity index (χ2n) is 3.51. The highest BCUT2D eigenvalue weighted by Crippen LogP contribution is 2.35. The minimum atomic E-state index is 0.440. The molecule has 3 N–H and O–H groups in total. The summed E-state index contributed by atoms with van der Waals surface area (Å²) < 4.78 is 5.35.